The number of pyridine rings is 1. The lowest BCUT2D eigenvalue weighted by molar-refractivity contribution is -0.117. The van der Waals surface area contributed by atoms with Gasteiger partial charge in [-0.1, -0.05) is 12.1 Å². The highest BCUT2D eigenvalue weighted by Gasteiger charge is 2.41. The number of hydrogen-bond donors (Lipinski definition) is 2. The summed E-state index contributed by atoms with van der Waals surface area (Å²) < 4.78 is 1.37. The van der Waals surface area contributed by atoms with Crippen molar-refractivity contribution < 1.29 is 9.59 Å². The van der Waals surface area contributed by atoms with Gasteiger partial charge in [0.1, 0.15) is 11.6 Å². The van der Waals surface area contributed by atoms with E-state index in [0.29, 0.717) is 13.0 Å². The topological polar surface area (TPSA) is 83.4 Å². The van der Waals surface area contributed by atoms with Gasteiger partial charge < -0.3 is 20.1 Å². The number of anilines is 2. The van der Waals surface area contributed by atoms with Crippen LogP contribution in [0.4, 0.5) is 11.4 Å². The van der Waals surface area contributed by atoms with Gasteiger partial charge in [-0.2, -0.15) is 0 Å². The first kappa shape index (κ1) is 15.4. The summed E-state index contributed by atoms with van der Waals surface area (Å²) in [5.41, 5.74) is 1.52. The summed E-state index contributed by atoms with van der Waals surface area (Å²) in [6.07, 6.45) is 2.12. The maximum atomic E-state index is 12.5. The predicted molar refractivity (Wildman–Crippen MR) is 93.8 cm³/mol. The van der Waals surface area contributed by atoms with Crippen molar-refractivity contribution in [2.75, 3.05) is 16.8 Å². The molecule has 0 bridgehead atoms. The number of carbonyl (C=O) groups excluding carboxylic acids is 2. The van der Waals surface area contributed by atoms with Gasteiger partial charge in [-0.15, -0.1) is 0 Å². The van der Waals surface area contributed by atoms with Gasteiger partial charge in [-0.05, 0) is 30.7 Å². The van der Waals surface area contributed by atoms with Crippen LogP contribution in [-0.4, -0.2) is 35.0 Å². The fourth-order valence-electron chi connectivity index (χ4n) is 3.53. The summed E-state index contributed by atoms with van der Waals surface area (Å²) in [5.74, 6) is -0.467. The van der Waals surface area contributed by atoms with Crippen molar-refractivity contribution in [3.05, 3.63) is 58.5 Å². The molecule has 2 aliphatic rings. The highest BCUT2D eigenvalue weighted by Crippen LogP contribution is 2.36. The van der Waals surface area contributed by atoms with Crippen LogP contribution in [0.1, 0.15) is 16.8 Å². The summed E-state index contributed by atoms with van der Waals surface area (Å²) in [6.45, 7) is 0.536. The van der Waals surface area contributed by atoms with Gasteiger partial charge >= 0.3 is 0 Å². The van der Waals surface area contributed by atoms with Crippen molar-refractivity contribution in [1.82, 2.24) is 9.88 Å². The molecular weight excluding hydrogens is 320 g/mol. The number of nitrogens with one attached hydrogen (secondary N) is 2. The van der Waals surface area contributed by atoms with Gasteiger partial charge in [0, 0.05) is 25.8 Å². The largest absolute Gasteiger partial charge is 0.356 e. The molecule has 1 saturated heterocycles. The third-order valence-corrected chi connectivity index (χ3v) is 4.78. The first-order chi connectivity index (χ1) is 12.0. The number of para-hydroxylation sites is 2. The van der Waals surface area contributed by atoms with Crippen LogP contribution in [0.25, 0.3) is 0 Å². The smallest absolute Gasteiger partial charge is 0.263 e. The van der Waals surface area contributed by atoms with Gasteiger partial charge in [0.05, 0.1) is 11.4 Å². The molecule has 128 valence electrons. The van der Waals surface area contributed by atoms with E-state index in [-0.39, 0.29) is 29.1 Å². The van der Waals surface area contributed by atoms with E-state index in [1.54, 1.807) is 19.3 Å². The van der Waals surface area contributed by atoms with Gasteiger partial charge in [0.25, 0.3) is 11.5 Å². The van der Waals surface area contributed by atoms with Crippen LogP contribution < -0.4 is 21.1 Å². The molecule has 1 aromatic heterocycles. The van der Waals surface area contributed by atoms with Gasteiger partial charge in [-0.25, -0.2) is 0 Å². The molecule has 2 aliphatic heterocycles. The zero-order valence-electron chi connectivity index (χ0n) is 13.7. The Bertz CT molecular complexity index is 921. The molecule has 7 heteroatoms. The third kappa shape index (κ3) is 2.57. The molecular formula is C18H18N4O3. The Morgan fingerprint density at radius 1 is 1.20 bits per heavy atom. The van der Waals surface area contributed by atoms with Crippen molar-refractivity contribution in [2.45, 2.75) is 18.5 Å². The first-order valence-corrected chi connectivity index (χ1v) is 8.17. The number of fused-ring (bicyclic) bond motifs is 3. The Labute approximate surface area is 144 Å². The van der Waals surface area contributed by atoms with Crippen molar-refractivity contribution in [2.24, 2.45) is 7.05 Å². The molecule has 1 aromatic carbocycles. The molecule has 2 aromatic rings. The minimum atomic E-state index is -0.403. The molecule has 4 rings (SSSR count). The van der Waals surface area contributed by atoms with Crippen LogP contribution in [0.3, 0.4) is 0 Å². The molecule has 0 unspecified atom stereocenters. The molecule has 3 heterocycles. The van der Waals surface area contributed by atoms with Crippen molar-refractivity contribution in [1.29, 1.82) is 0 Å². The SMILES string of the molecule is Cn1cccc(C(=O)N[C@@H]2C[C@H]3C(=O)Nc4ccccc4N3C2)c1=O. The van der Waals surface area contributed by atoms with E-state index < -0.39 is 5.91 Å². The Hall–Kier alpha value is -3.09. The van der Waals surface area contributed by atoms with Gasteiger partial charge in [0.2, 0.25) is 5.91 Å². The average Bonchev–Trinajstić information content (AvgIpc) is 3.02. The maximum Gasteiger partial charge on any atom is 0.263 e. The van der Waals surface area contributed by atoms with E-state index in [1.807, 2.05) is 29.2 Å². The van der Waals surface area contributed by atoms with Gasteiger partial charge in [0.15, 0.2) is 0 Å². The van der Waals surface area contributed by atoms with Crippen LogP contribution in [0.15, 0.2) is 47.4 Å². The third-order valence-electron chi connectivity index (χ3n) is 4.78. The Morgan fingerprint density at radius 2 is 2.00 bits per heavy atom. The number of benzene rings is 1. The van der Waals surface area contributed by atoms with Crippen molar-refractivity contribution in [3.8, 4) is 0 Å². The predicted octanol–water partition coefficient (Wildman–Crippen LogP) is 0.715. The molecule has 0 radical (unpaired) electrons. The second-order valence-electron chi connectivity index (χ2n) is 6.42. The lowest BCUT2D eigenvalue weighted by atomic mass is 10.1. The second kappa shape index (κ2) is 5.77. The second-order valence-corrected chi connectivity index (χ2v) is 6.42. The molecule has 2 atom stereocenters. The lowest BCUT2D eigenvalue weighted by Crippen LogP contribution is -2.44. The quantitative estimate of drug-likeness (QED) is 0.845. The highest BCUT2D eigenvalue weighted by molar-refractivity contribution is 6.04. The number of rotatable bonds is 2. The summed E-state index contributed by atoms with van der Waals surface area (Å²) in [6, 6.07) is 10.3. The van der Waals surface area contributed by atoms with E-state index in [9.17, 15) is 14.4 Å². The normalized spacial score (nSPS) is 21.3. The Morgan fingerprint density at radius 3 is 2.84 bits per heavy atom. The van der Waals surface area contributed by atoms with Crippen LogP contribution in [-0.2, 0) is 11.8 Å². The van der Waals surface area contributed by atoms with E-state index in [1.165, 1.54) is 10.6 Å². The van der Waals surface area contributed by atoms with Crippen LogP contribution in [0.2, 0.25) is 0 Å². The van der Waals surface area contributed by atoms with E-state index >= 15 is 0 Å². The number of hydrogen-bond acceptors (Lipinski definition) is 4. The first-order valence-electron chi connectivity index (χ1n) is 8.17. The molecule has 0 aliphatic carbocycles. The van der Waals surface area contributed by atoms with Gasteiger partial charge in [-0.3, -0.25) is 14.4 Å². The molecule has 0 saturated carbocycles. The number of amides is 2. The van der Waals surface area contributed by atoms with Crippen molar-refractivity contribution >= 4 is 23.2 Å². The summed E-state index contributed by atoms with van der Waals surface area (Å²) in [5, 5.41) is 5.80. The molecule has 1 fully saturated rings. The fourth-order valence-corrected chi connectivity index (χ4v) is 3.53. The van der Waals surface area contributed by atoms with E-state index in [0.717, 1.165) is 11.4 Å². The zero-order chi connectivity index (χ0) is 17.6. The van der Waals surface area contributed by atoms with Crippen LogP contribution in [0.5, 0.6) is 0 Å². The zero-order valence-corrected chi connectivity index (χ0v) is 13.7. The monoisotopic (exact) mass is 338 g/mol. The minimum Gasteiger partial charge on any atom is -0.356 e. The standard InChI is InChI=1S/C18H18N4O3/c1-21-8-4-5-12(18(21)25)16(23)19-11-9-15-17(24)20-13-6-2-3-7-14(13)22(15)10-11/h2-8,11,15H,9-10H2,1H3,(H,19,23)(H,20,24)/t11-,15+/m1/s1. The van der Waals surface area contributed by atoms with E-state index in [2.05, 4.69) is 10.6 Å². The number of nitrogens with zero attached hydrogens (tertiary/aromatic N) is 2. The molecule has 7 nitrogen and oxygen atoms in total. The van der Waals surface area contributed by atoms with Crippen molar-refractivity contribution in [3.63, 3.8) is 0 Å². The average molecular weight is 338 g/mol. The lowest BCUT2D eigenvalue weighted by Gasteiger charge is -2.32. The highest BCUT2D eigenvalue weighted by atomic mass is 16.2. The maximum absolute atomic E-state index is 12.5. The Balaban J connectivity index is 1.55. The fraction of sp³-hybridized carbons (Fsp3) is 0.278. The summed E-state index contributed by atoms with van der Waals surface area (Å²) >= 11 is 0. The number of carbonyl (C=O) groups is 2. The minimum absolute atomic E-state index is 0.0638. The van der Waals surface area contributed by atoms with Crippen LogP contribution in [0, 0.1) is 0 Å². The molecule has 2 amide bonds. The summed E-state index contributed by atoms with van der Waals surface area (Å²) in [4.78, 5) is 38.9. The van der Waals surface area contributed by atoms with E-state index in [4.69, 9.17) is 0 Å². The molecule has 2 N–H and O–H groups in total. The Kier molecular flexibility index (Phi) is 3.56. The molecule has 0 spiro atoms. The number of aromatic nitrogens is 1. The van der Waals surface area contributed by atoms with Crippen LogP contribution >= 0.6 is 0 Å². The number of aryl methyl sites for hydroxylation is 1. The molecule has 25 heavy (non-hydrogen) atoms. The summed E-state index contributed by atoms with van der Waals surface area (Å²) in [7, 11) is 1.61.